The third-order valence-electron chi connectivity index (χ3n) is 7.29. The van der Waals surface area contributed by atoms with Crippen molar-refractivity contribution >= 4 is 22.8 Å². The predicted molar refractivity (Wildman–Crippen MR) is 149 cm³/mol. The van der Waals surface area contributed by atoms with Gasteiger partial charge < -0.3 is 14.5 Å². The van der Waals surface area contributed by atoms with Crippen LogP contribution >= 0.6 is 0 Å². The molecule has 5 heteroatoms. The van der Waals surface area contributed by atoms with Crippen molar-refractivity contribution < 1.29 is 14.3 Å². The SMILES string of the molecule is CCCC(=O)N1CC(CN(C(=O)OC(C)(C)C)C(C)c2cccc3ccccc23)C(c2ccccc2)C1. The van der Waals surface area contributed by atoms with E-state index in [0.717, 1.165) is 22.8 Å². The number of benzene rings is 3. The summed E-state index contributed by atoms with van der Waals surface area (Å²) in [5, 5.41) is 2.28. The number of likely N-dealkylation sites (tertiary alicyclic amines) is 1. The van der Waals surface area contributed by atoms with Crippen LogP contribution < -0.4 is 0 Å². The minimum absolute atomic E-state index is 0.105. The standard InChI is InChI=1S/C32H40N2O3/c1-6-13-30(35)33-20-26(29(22-33)25-14-8-7-9-15-25)21-34(31(36)37-32(3,4)5)23(2)27-19-12-17-24-16-10-11-18-28(24)27/h7-12,14-19,23,26,29H,6,13,20-22H2,1-5H3. The first kappa shape index (κ1) is 26.7. The van der Waals surface area contributed by atoms with E-state index in [9.17, 15) is 9.59 Å². The van der Waals surface area contributed by atoms with Gasteiger partial charge in [-0.1, -0.05) is 79.7 Å². The molecule has 196 valence electrons. The van der Waals surface area contributed by atoms with Gasteiger partial charge in [0.15, 0.2) is 0 Å². The maximum absolute atomic E-state index is 13.7. The average molecular weight is 501 g/mol. The third-order valence-corrected chi connectivity index (χ3v) is 7.29. The van der Waals surface area contributed by atoms with Crippen molar-refractivity contribution in [3.05, 3.63) is 83.9 Å². The molecule has 0 bridgehead atoms. The summed E-state index contributed by atoms with van der Waals surface area (Å²) in [6.07, 6.45) is 1.06. The fourth-order valence-electron chi connectivity index (χ4n) is 5.46. The smallest absolute Gasteiger partial charge is 0.410 e. The Morgan fingerprint density at radius 2 is 1.65 bits per heavy atom. The lowest BCUT2D eigenvalue weighted by molar-refractivity contribution is -0.130. The molecule has 0 radical (unpaired) electrons. The third kappa shape index (κ3) is 6.33. The van der Waals surface area contributed by atoms with Crippen molar-refractivity contribution in [1.29, 1.82) is 0 Å². The summed E-state index contributed by atoms with van der Waals surface area (Å²) >= 11 is 0. The van der Waals surface area contributed by atoms with Crippen LogP contribution in [0.4, 0.5) is 4.79 Å². The zero-order chi connectivity index (χ0) is 26.6. The summed E-state index contributed by atoms with van der Waals surface area (Å²) in [5.41, 5.74) is 1.70. The van der Waals surface area contributed by atoms with E-state index in [4.69, 9.17) is 4.74 Å². The van der Waals surface area contributed by atoms with E-state index in [1.165, 1.54) is 5.56 Å². The zero-order valence-corrected chi connectivity index (χ0v) is 22.8. The molecule has 3 unspecified atom stereocenters. The fourth-order valence-corrected chi connectivity index (χ4v) is 5.46. The molecule has 3 aromatic rings. The van der Waals surface area contributed by atoms with Gasteiger partial charge in [0.25, 0.3) is 0 Å². The molecule has 2 amide bonds. The van der Waals surface area contributed by atoms with E-state index >= 15 is 0 Å². The summed E-state index contributed by atoms with van der Waals surface area (Å²) in [6, 6.07) is 24.7. The molecule has 1 aliphatic heterocycles. The molecular weight excluding hydrogens is 460 g/mol. The molecule has 0 aliphatic carbocycles. The Hall–Kier alpha value is -3.34. The van der Waals surface area contributed by atoms with E-state index in [2.05, 4.69) is 49.4 Å². The fraction of sp³-hybridized carbons (Fsp3) is 0.438. The van der Waals surface area contributed by atoms with Crippen LogP contribution in [0.25, 0.3) is 10.8 Å². The van der Waals surface area contributed by atoms with E-state index in [0.29, 0.717) is 26.1 Å². The van der Waals surface area contributed by atoms with Crippen LogP contribution in [0.2, 0.25) is 0 Å². The lowest BCUT2D eigenvalue weighted by Gasteiger charge is -2.35. The van der Waals surface area contributed by atoms with Crippen LogP contribution in [0.3, 0.4) is 0 Å². The molecule has 3 atom stereocenters. The maximum atomic E-state index is 13.7. The molecule has 0 N–H and O–H groups in total. The van der Waals surface area contributed by atoms with Crippen LogP contribution in [-0.2, 0) is 9.53 Å². The number of fused-ring (bicyclic) bond motifs is 1. The Morgan fingerprint density at radius 1 is 0.973 bits per heavy atom. The van der Waals surface area contributed by atoms with Gasteiger partial charge in [-0.15, -0.1) is 0 Å². The summed E-state index contributed by atoms with van der Waals surface area (Å²) in [5.74, 6) is 0.455. The minimum Gasteiger partial charge on any atom is -0.444 e. The monoisotopic (exact) mass is 500 g/mol. The van der Waals surface area contributed by atoms with Crippen LogP contribution in [-0.4, -0.2) is 47.0 Å². The molecule has 3 aromatic carbocycles. The van der Waals surface area contributed by atoms with Crippen molar-refractivity contribution in [2.75, 3.05) is 19.6 Å². The van der Waals surface area contributed by atoms with Crippen molar-refractivity contribution in [2.24, 2.45) is 5.92 Å². The second-order valence-corrected chi connectivity index (χ2v) is 11.2. The molecule has 1 heterocycles. The highest BCUT2D eigenvalue weighted by atomic mass is 16.6. The zero-order valence-electron chi connectivity index (χ0n) is 22.8. The summed E-state index contributed by atoms with van der Waals surface area (Å²) < 4.78 is 5.93. The highest BCUT2D eigenvalue weighted by Gasteiger charge is 2.39. The van der Waals surface area contributed by atoms with Gasteiger partial charge in [0.1, 0.15) is 5.60 Å². The van der Waals surface area contributed by atoms with Gasteiger partial charge in [0.05, 0.1) is 6.04 Å². The Balaban J connectivity index is 1.69. The highest BCUT2D eigenvalue weighted by Crippen LogP contribution is 2.37. The van der Waals surface area contributed by atoms with Gasteiger partial charge in [-0.25, -0.2) is 4.79 Å². The van der Waals surface area contributed by atoms with Crippen molar-refractivity contribution in [3.63, 3.8) is 0 Å². The molecule has 1 saturated heterocycles. The first-order valence-corrected chi connectivity index (χ1v) is 13.5. The molecule has 0 spiro atoms. The number of amides is 2. The van der Waals surface area contributed by atoms with Crippen LogP contribution in [0, 0.1) is 5.92 Å². The van der Waals surface area contributed by atoms with Crippen molar-refractivity contribution in [2.45, 2.75) is 65.0 Å². The predicted octanol–water partition coefficient (Wildman–Crippen LogP) is 7.18. The van der Waals surface area contributed by atoms with E-state index in [1.54, 1.807) is 0 Å². The number of hydrogen-bond acceptors (Lipinski definition) is 3. The minimum atomic E-state index is -0.606. The molecule has 0 saturated carbocycles. The number of carbonyl (C=O) groups is 2. The molecule has 5 nitrogen and oxygen atoms in total. The Bertz CT molecular complexity index is 1210. The first-order valence-electron chi connectivity index (χ1n) is 13.5. The van der Waals surface area contributed by atoms with E-state index < -0.39 is 5.60 Å². The summed E-state index contributed by atoms with van der Waals surface area (Å²) in [4.78, 5) is 30.4. The molecule has 1 aliphatic rings. The van der Waals surface area contributed by atoms with Gasteiger partial charge in [-0.05, 0) is 56.0 Å². The van der Waals surface area contributed by atoms with Gasteiger partial charge in [0, 0.05) is 37.9 Å². The molecular formula is C32H40N2O3. The van der Waals surface area contributed by atoms with Gasteiger partial charge >= 0.3 is 6.09 Å². The normalized spacial score (nSPS) is 18.6. The van der Waals surface area contributed by atoms with Gasteiger partial charge in [-0.2, -0.15) is 0 Å². The quantitative estimate of drug-likeness (QED) is 0.345. The summed E-state index contributed by atoms with van der Waals surface area (Å²) in [7, 11) is 0. The van der Waals surface area contributed by atoms with Crippen LogP contribution in [0.5, 0.6) is 0 Å². The molecule has 4 rings (SSSR count). The van der Waals surface area contributed by atoms with Crippen LogP contribution in [0.15, 0.2) is 72.8 Å². The molecule has 1 fully saturated rings. The second-order valence-electron chi connectivity index (χ2n) is 11.2. The number of carbonyl (C=O) groups excluding carboxylic acids is 2. The lowest BCUT2D eigenvalue weighted by Crippen LogP contribution is -2.42. The largest absolute Gasteiger partial charge is 0.444 e. The highest BCUT2D eigenvalue weighted by molar-refractivity contribution is 5.86. The van der Waals surface area contributed by atoms with Gasteiger partial charge in [-0.3, -0.25) is 4.79 Å². The average Bonchev–Trinajstić information content (AvgIpc) is 3.30. The van der Waals surface area contributed by atoms with Crippen molar-refractivity contribution in [3.8, 4) is 0 Å². The number of rotatable bonds is 7. The Kier molecular flexibility index (Phi) is 8.21. The number of nitrogens with zero attached hydrogens (tertiary/aromatic N) is 2. The summed E-state index contributed by atoms with van der Waals surface area (Å²) in [6.45, 7) is 11.7. The Morgan fingerprint density at radius 3 is 2.35 bits per heavy atom. The first-order chi connectivity index (χ1) is 17.7. The topological polar surface area (TPSA) is 49.9 Å². The van der Waals surface area contributed by atoms with E-state index in [-0.39, 0.29) is 29.9 Å². The second kappa shape index (κ2) is 11.4. The van der Waals surface area contributed by atoms with Crippen molar-refractivity contribution in [1.82, 2.24) is 9.80 Å². The van der Waals surface area contributed by atoms with E-state index in [1.807, 2.05) is 67.8 Å². The molecule has 37 heavy (non-hydrogen) atoms. The lowest BCUT2D eigenvalue weighted by atomic mass is 9.88. The maximum Gasteiger partial charge on any atom is 0.410 e. The number of ether oxygens (including phenoxy) is 1. The Labute approximate surface area is 221 Å². The number of hydrogen-bond donors (Lipinski definition) is 0. The van der Waals surface area contributed by atoms with Crippen LogP contribution in [0.1, 0.15) is 70.5 Å². The van der Waals surface area contributed by atoms with Gasteiger partial charge in [0.2, 0.25) is 5.91 Å². The molecule has 0 aromatic heterocycles.